The van der Waals surface area contributed by atoms with Gasteiger partial charge in [0.2, 0.25) is 5.91 Å². The molecule has 0 bridgehead atoms. The van der Waals surface area contributed by atoms with Crippen LogP contribution in [0, 0.1) is 0 Å². The Balaban J connectivity index is 1.83. The van der Waals surface area contributed by atoms with Crippen LogP contribution in [-0.4, -0.2) is 62.4 Å². The number of carbonyl (C=O) groups is 2. The van der Waals surface area contributed by atoms with Gasteiger partial charge in [-0.15, -0.1) is 0 Å². The van der Waals surface area contributed by atoms with Crippen molar-refractivity contribution in [2.45, 2.75) is 12.1 Å². The minimum atomic E-state index is -3.09. The van der Waals surface area contributed by atoms with Crippen molar-refractivity contribution in [2.75, 3.05) is 31.2 Å². The maximum absolute atomic E-state index is 12.8. The number of rotatable bonds is 2. The Morgan fingerprint density at radius 2 is 1.92 bits per heavy atom. The Hall–Kier alpha value is -1.64. The summed E-state index contributed by atoms with van der Waals surface area (Å²) in [5, 5.41) is 3.17. The van der Waals surface area contributed by atoms with Gasteiger partial charge in [0.1, 0.15) is 6.61 Å². The van der Waals surface area contributed by atoms with E-state index in [2.05, 4.69) is 5.32 Å². The van der Waals surface area contributed by atoms with Gasteiger partial charge >= 0.3 is 0 Å². The van der Waals surface area contributed by atoms with Crippen molar-refractivity contribution in [3.63, 3.8) is 0 Å². The molecule has 24 heavy (non-hydrogen) atoms. The summed E-state index contributed by atoms with van der Waals surface area (Å²) < 4.78 is 28.5. The van der Waals surface area contributed by atoms with Crippen molar-refractivity contribution < 1.29 is 22.7 Å². The topological polar surface area (TPSA) is 92.8 Å². The second-order valence-corrected chi connectivity index (χ2v) is 8.49. The summed E-state index contributed by atoms with van der Waals surface area (Å²) in [5.74, 6) is -0.789. The summed E-state index contributed by atoms with van der Waals surface area (Å²) in [4.78, 5) is 25.9. The van der Waals surface area contributed by atoms with Gasteiger partial charge in [0.05, 0.1) is 17.5 Å². The van der Waals surface area contributed by atoms with Crippen molar-refractivity contribution in [2.24, 2.45) is 0 Å². The zero-order chi connectivity index (χ0) is 17.3. The number of hydrogen-bond donors (Lipinski definition) is 1. The van der Waals surface area contributed by atoms with Crippen LogP contribution in [0.3, 0.4) is 0 Å². The molecule has 2 fully saturated rings. The molecule has 0 spiro atoms. The first kappa shape index (κ1) is 17.2. The number of benzene rings is 1. The molecule has 0 aromatic heterocycles. The number of carbonyl (C=O) groups excluding carboxylic acids is 2. The van der Waals surface area contributed by atoms with Crippen molar-refractivity contribution in [1.82, 2.24) is 10.2 Å². The van der Waals surface area contributed by atoms with Gasteiger partial charge in [-0.2, -0.15) is 0 Å². The summed E-state index contributed by atoms with van der Waals surface area (Å²) >= 11 is 6.19. The van der Waals surface area contributed by atoms with E-state index in [0.717, 1.165) is 0 Å². The van der Waals surface area contributed by atoms with Gasteiger partial charge in [-0.1, -0.05) is 29.8 Å². The maximum Gasteiger partial charge on any atom is 0.254 e. The van der Waals surface area contributed by atoms with Crippen molar-refractivity contribution in [3.8, 4) is 0 Å². The Labute approximate surface area is 144 Å². The predicted octanol–water partition coefficient (Wildman–Crippen LogP) is 0.153. The molecule has 0 radical (unpaired) electrons. The third kappa shape index (κ3) is 3.55. The van der Waals surface area contributed by atoms with Crippen LogP contribution in [0.2, 0.25) is 5.02 Å². The lowest BCUT2D eigenvalue weighted by molar-refractivity contribution is -0.155. The molecule has 0 aliphatic carbocycles. The van der Waals surface area contributed by atoms with Gasteiger partial charge in [0.25, 0.3) is 5.91 Å². The Morgan fingerprint density at radius 1 is 1.25 bits per heavy atom. The molecule has 0 saturated carbocycles. The number of halogens is 1. The number of morpholine rings is 1. The smallest absolute Gasteiger partial charge is 0.254 e. The molecule has 2 heterocycles. The third-order valence-electron chi connectivity index (χ3n) is 4.15. The lowest BCUT2D eigenvalue weighted by atomic mass is 9.98. The van der Waals surface area contributed by atoms with E-state index < -0.39 is 22.0 Å². The number of ether oxygens (including phenoxy) is 1. The number of hydrogen-bond acceptors (Lipinski definition) is 5. The lowest BCUT2D eigenvalue weighted by Crippen LogP contribution is -2.55. The van der Waals surface area contributed by atoms with Crippen LogP contribution in [0.4, 0.5) is 0 Å². The molecule has 1 aromatic carbocycles. The Bertz CT molecular complexity index is 753. The zero-order valence-corrected chi connectivity index (χ0v) is 14.3. The second kappa shape index (κ2) is 6.70. The van der Waals surface area contributed by atoms with Crippen LogP contribution in [0.25, 0.3) is 0 Å². The molecule has 2 saturated heterocycles. The fraction of sp³-hybridized carbons (Fsp3) is 0.467. The van der Waals surface area contributed by atoms with E-state index in [0.29, 0.717) is 10.6 Å². The van der Waals surface area contributed by atoms with Crippen LogP contribution in [0.15, 0.2) is 24.3 Å². The van der Waals surface area contributed by atoms with Gasteiger partial charge in [0.15, 0.2) is 15.9 Å². The van der Waals surface area contributed by atoms with Crippen LogP contribution in [0.5, 0.6) is 0 Å². The van der Waals surface area contributed by atoms with E-state index in [1.54, 1.807) is 24.3 Å². The standard InChI is InChI=1S/C15H17ClN2O5S/c16-11-4-2-1-3-10(11)13-14(23-9-12(19)17-13)15(20)18-5-7-24(21,22)8-6-18/h1-4,13-14H,5-9H2,(H,17,19)/t13-,14+/m1/s1. The van der Waals surface area contributed by atoms with Crippen LogP contribution in [-0.2, 0) is 24.2 Å². The molecule has 7 nitrogen and oxygen atoms in total. The van der Waals surface area contributed by atoms with Crippen LogP contribution in [0.1, 0.15) is 11.6 Å². The summed E-state index contributed by atoms with van der Waals surface area (Å²) in [7, 11) is -3.09. The van der Waals surface area contributed by atoms with Gasteiger partial charge in [0, 0.05) is 18.1 Å². The molecular formula is C15H17ClN2O5S. The molecule has 2 aliphatic rings. The fourth-order valence-electron chi connectivity index (χ4n) is 2.85. The highest BCUT2D eigenvalue weighted by molar-refractivity contribution is 7.91. The van der Waals surface area contributed by atoms with Crippen LogP contribution >= 0.6 is 11.6 Å². The average Bonchev–Trinajstić information content (AvgIpc) is 2.54. The minimum Gasteiger partial charge on any atom is -0.356 e. The molecule has 2 atom stereocenters. The monoisotopic (exact) mass is 372 g/mol. The first-order valence-corrected chi connectivity index (χ1v) is 9.72. The largest absolute Gasteiger partial charge is 0.356 e. The highest BCUT2D eigenvalue weighted by Crippen LogP contribution is 2.29. The number of nitrogens with one attached hydrogen (secondary N) is 1. The quantitative estimate of drug-likeness (QED) is 0.798. The van der Waals surface area contributed by atoms with Crippen LogP contribution < -0.4 is 5.32 Å². The maximum atomic E-state index is 12.8. The fourth-order valence-corrected chi connectivity index (χ4v) is 4.30. The number of amides is 2. The lowest BCUT2D eigenvalue weighted by Gasteiger charge is -2.36. The van der Waals surface area contributed by atoms with Gasteiger partial charge < -0.3 is 15.0 Å². The van der Waals surface area contributed by atoms with E-state index in [1.165, 1.54) is 4.90 Å². The van der Waals surface area contributed by atoms with Gasteiger partial charge in [-0.05, 0) is 11.6 Å². The van der Waals surface area contributed by atoms with E-state index in [-0.39, 0.29) is 43.0 Å². The van der Waals surface area contributed by atoms with Crippen molar-refractivity contribution in [3.05, 3.63) is 34.9 Å². The zero-order valence-electron chi connectivity index (χ0n) is 12.8. The van der Waals surface area contributed by atoms with Crippen molar-refractivity contribution in [1.29, 1.82) is 0 Å². The summed E-state index contributed by atoms with van der Waals surface area (Å²) in [6.07, 6.45) is -0.927. The summed E-state index contributed by atoms with van der Waals surface area (Å²) in [5.41, 5.74) is 0.593. The van der Waals surface area contributed by atoms with Gasteiger partial charge in [-0.25, -0.2) is 8.42 Å². The van der Waals surface area contributed by atoms with E-state index in [9.17, 15) is 18.0 Å². The van der Waals surface area contributed by atoms with E-state index in [1.807, 2.05) is 0 Å². The minimum absolute atomic E-state index is 0.0609. The molecule has 2 amide bonds. The molecule has 2 aliphatic heterocycles. The first-order chi connectivity index (χ1) is 11.4. The SMILES string of the molecule is O=C1CO[C@H](C(=O)N2CCS(=O)(=O)CC2)[C@@H](c2ccccc2Cl)N1. The summed E-state index contributed by atoms with van der Waals surface area (Å²) in [6.45, 7) is 0.0396. The van der Waals surface area contributed by atoms with Gasteiger partial charge in [-0.3, -0.25) is 9.59 Å². The normalized spacial score (nSPS) is 26.7. The average molecular weight is 373 g/mol. The molecule has 1 aromatic rings. The molecule has 130 valence electrons. The highest BCUT2D eigenvalue weighted by atomic mass is 35.5. The molecule has 1 N–H and O–H groups in total. The van der Waals surface area contributed by atoms with E-state index >= 15 is 0 Å². The summed E-state index contributed by atoms with van der Waals surface area (Å²) in [6, 6.07) is 6.21. The third-order valence-corrected chi connectivity index (χ3v) is 6.11. The second-order valence-electron chi connectivity index (χ2n) is 5.78. The number of sulfone groups is 1. The molecule has 9 heteroatoms. The molecular weight excluding hydrogens is 356 g/mol. The first-order valence-electron chi connectivity index (χ1n) is 7.52. The van der Waals surface area contributed by atoms with Crippen molar-refractivity contribution >= 4 is 33.3 Å². The number of nitrogens with zero attached hydrogens (tertiary/aromatic N) is 1. The Morgan fingerprint density at radius 3 is 2.58 bits per heavy atom. The molecule has 3 rings (SSSR count). The highest BCUT2D eigenvalue weighted by Gasteiger charge is 2.40. The Kier molecular flexibility index (Phi) is 4.80. The van der Waals surface area contributed by atoms with E-state index in [4.69, 9.17) is 16.3 Å². The predicted molar refractivity (Wildman–Crippen MR) is 87.3 cm³/mol. The molecule has 0 unspecified atom stereocenters.